The van der Waals surface area contributed by atoms with Gasteiger partial charge in [-0.2, -0.15) is 0 Å². The average molecular weight is 182 g/mol. The standard InChI is InChI=1S/C8H10N2O3/c9-5(4-8(12)13)6-2-1-3-7(11)10-6/h1-3,5H,4,9H2,(H,10,11)(H,12,13). The lowest BCUT2D eigenvalue weighted by Crippen LogP contribution is -2.19. The summed E-state index contributed by atoms with van der Waals surface area (Å²) < 4.78 is 0. The Balaban J connectivity index is 2.82. The van der Waals surface area contributed by atoms with Gasteiger partial charge >= 0.3 is 5.97 Å². The number of rotatable bonds is 3. The lowest BCUT2D eigenvalue weighted by molar-refractivity contribution is -0.137. The molecular formula is C8H10N2O3. The van der Waals surface area contributed by atoms with E-state index in [-0.39, 0.29) is 12.0 Å². The summed E-state index contributed by atoms with van der Waals surface area (Å²) in [6, 6.07) is 3.81. The van der Waals surface area contributed by atoms with Crippen LogP contribution in [0.15, 0.2) is 23.0 Å². The molecule has 0 aliphatic carbocycles. The highest BCUT2D eigenvalue weighted by molar-refractivity contribution is 5.67. The Kier molecular flexibility index (Phi) is 2.81. The van der Waals surface area contributed by atoms with Crippen LogP contribution in [0.4, 0.5) is 0 Å². The minimum atomic E-state index is -0.989. The van der Waals surface area contributed by atoms with Crippen molar-refractivity contribution in [3.8, 4) is 0 Å². The molecule has 0 saturated heterocycles. The summed E-state index contributed by atoms with van der Waals surface area (Å²) in [6.07, 6.45) is -0.194. The first kappa shape index (κ1) is 9.47. The number of pyridine rings is 1. The first-order chi connectivity index (χ1) is 6.09. The van der Waals surface area contributed by atoms with E-state index in [4.69, 9.17) is 10.8 Å². The van der Waals surface area contributed by atoms with Crippen molar-refractivity contribution in [2.45, 2.75) is 12.5 Å². The van der Waals surface area contributed by atoms with E-state index in [0.29, 0.717) is 5.69 Å². The van der Waals surface area contributed by atoms with E-state index in [0.717, 1.165) is 0 Å². The van der Waals surface area contributed by atoms with Crippen molar-refractivity contribution in [3.63, 3.8) is 0 Å². The lowest BCUT2D eigenvalue weighted by atomic mass is 10.1. The van der Waals surface area contributed by atoms with Crippen LogP contribution >= 0.6 is 0 Å². The van der Waals surface area contributed by atoms with Gasteiger partial charge in [-0.25, -0.2) is 0 Å². The first-order valence-electron chi connectivity index (χ1n) is 3.76. The molecule has 0 radical (unpaired) electrons. The van der Waals surface area contributed by atoms with Crippen molar-refractivity contribution in [2.24, 2.45) is 5.73 Å². The Hall–Kier alpha value is -1.62. The van der Waals surface area contributed by atoms with Gasteiger partial charge in [0.1, 0.15) is 0 Å². The van der Waals surface area contributed by atoms with Crippen molar-refractivity contribution in [1.82, 2.24) is 4.98 Å². The number of aromatic amines is 1. The highest BCUT2D eigenvalue weighted by Crippen LogP contribution is 2.08. The van der Waals surface area contributed by atoms with Gasteiger partial charge in [-0.3, -0.25) is 9.59 Å². The Bertz CT molecular complexity index is 358. The van der Waals surface area contributed by atoms with E-state index >= 15 is 0 Å². The van der Waals surface area contributed by atoms with Gasteiger partial charge in [-0.1, -0.05) is 6.07 Å². The van der Waals surface area contributed by atoms with Gasteiger partial charge in [-0.15, -0.1) is 0 Å². The molecule has 0 amide bonds. The van der Waals surface area contributed by atoms with Gasteiger partial charge in [0.15, 0.2) is 0 Å². The molecule has 1 rings (SSSR count). The topological polar surface area (TPSA) is 96.2 Å². The lowest BCUT2D eigenvalue weighted by Gasteiger charge is -2.07. The predicted molar refractivity (Wildman–Crippen MR) is 46.2 cm³/mol. The molecule has 1 unspecified atom stereocenters. The molecule has 0 aliphatic heterocycles. The van der Waals surface area contributed by atoms with Crippen molar-refractivity contribution < 1.29 is 9.90 Å². The molecule has 70 valence electrons. The number of hydrogen-bond donors (Lipinski definition) is 3. The molecule has 0 fully saturated rings. The van der Waals surface area contributed by atoms with Crippen molar-refractivity contribution in [3.05, 3.63) is 34.2 Å². The maximum Gasteiger partial charge on any atom is 0.305 e. The molecule has 0 saturated carbocycles. The van der Waals surface area contributed by atoms with Crippen LogP contribution < -0.4 is 11.3 Å². The van der Waals surface area contributed by atoms with Crippen LogP contribution in [0.2, 0.25) is 0 Å². The van der Waals surface area contributed by atoms with Gasteiger partial charge in [-0.05, 0) is 6.07 Å². The van der Waals surface area contributed by atoms with E-state index in [1.165, 1.54) is 12.1 Å². The van der Waals surface area contributed by atoms with E-state index in [1.54, 1.807) is 6.07 Å². The SMILES string of the molecule is NC(CC(=O)O)c1cccc(=O)[nH]1. The quantitative estimate of drug-likeness (QED) is 0.605. The van der Waals surface area contributed by atoms with Crippen molar-refractivity contribution >= 4 is 5.97 Å². The number of hydrogen-bond acceptors (Lipinski definition) is 3. The zero-order valence-corrected chi connectivity index (χ0v) is 6.86. The zero-order chi connectivity index (χ0) is 9.84. The number of aliphatic carboxylic acids is 1. The first-order valence-corrected chi connectivity index (χ1v) is 3.76. The van der Waals surface area contributed by atoms with Crippen molar-refractivity contribution in [2.75, 3.05) is 0 Å². The maximum atomic E-state index is 10.8. The average Bonchev–Trinajstić information content (AvgIpc) is 2.03. The zero-order valence-electron chi connectivity index (χ0n) is 6.86. The fourth-order valence-electron chi connectivity index (χ4n) is 0.979. The van der Waals surface area contributed by atoms with Crippen LogP contribution in [0.3, 0.4) is 0 Å². The van der Waals surface area contributed by atoms with Gasteiger partial charge in [0.25, 0.3) is 0 Å². The van der Waals surface area contributed by atoms with Crippen molar-refractivity contribution in [1.29, 1.82) is 0 Å². The summed E-state index contributed by atoms with van der Waals surface area (Å²) in [4.78, 5) is 23.6. The third-order valence-corrected chi connectivity index (χ3v) is 1.58. The molecule has 4 N–H and O–H groups in total. The fourth-order valence-corrected chi connectivity index (χ4v) is 0.979. The Morgan fingerprint density at radius 3 is 2.85 bits per heavy atom. The summed E-state index contributed by atoms with van der Waals surface area (Å²) in [6.45, 7) is 0. The second-order valence-electron chi connectivity index (χ2n) is 2.67. The largest absolute Gasteiger partial charge is 0.481 e. The molecule has 1 aromatic heterocycles. The number of H-pyrrole nitrogens is 1. The summed E-state index contributed by atoms with van der Waals surface area (Å²) in [7, 11) is 0. The van der Waals surface area contributed by atoms with Crippen LogP contribution in [-0.4, -0.2) is 16.1 Å². The Labute approximate surface area is 74.2 Å². The minimum absolute atomic E-state index is 0.194. The van der Waals surface area contributed by atoms with Gasteiger partial charge in [0.05, 0.1) is 12.5 Å². The third kappa shape index (κ3) is 2.72. The molecule has 0 bridgehead atoms. The number of carboxylic acid groups (broad SMARTS) is 1. The van der Waals surface area contributed by atoms with Crippen LogP contribution in [0.1, 0.15) is 18.2 Å². The van der Waals surface area contributed by atoms with Gasteiger partial charge in [0.2, 0.25) is 5.56 Å². The number of nitrogens with two attached hydrogens (primary N) is 1. The monoisotopic (exact) mass is 182 g/mol. The van der Waals surface area contributed by atoms with Crippen LogP contribution in [0, 0.1) is 0 Å². The second-order valence-corrected chi connectivity index (χ2v) is 2.67. The van der Waals surface area contributed by atoms with Crippen LogP contribution in [0.5, 0.6) is 0 Å². The smallest absolute Gasteiger partial charge is 0.305 e. The van der Waals surface area contributed by atoms with Gasteiger partial charge < -0.3 is 15.8 Å². The van der Waals surface area contributed by atoms with Crippen LogP contribution in [0.25, 0.3) is 0 Å². The molecule has 1 aromatic rings. The van der Waals surface area contributed by atoms with Crippen LogP contribution in [-0.2, 0) is 4.79 Å². The highest BCUT2D eigenvalue weighted by atomic mass is 16.4. The summed E-state index contributed by atoms with van der Waals surface area (Å²) in [5.74, 6) is -0.989. The maximum absolute atomic E-state index is 10.8. The van der Waals surface area contributed by atoms with Gasteiger partial charge in [0, 0.05) is 11.8 Å². The molecule has 0 aromatic carbocycles. The van der Waals surface area contributed by atoms with E-state index in [2.05, 4.69) is 4.98 Å². The molecule has 13 heavy (non-hydrogen) atoms. The second kappa shape index (κ2) is 3.86. The molecular weight excluding hydrogens is 172 g/mol. The Morgan fingerprint density at radius 2 is 2.31 bits per heavy atom. The van der Waals surface area contributed by atoms with E-state index in [1.807, 2.05) is 0 Å². The molecule has 5 heteroatoms. The Morgan fingerprint density at radius 1 is 1.62 bits per heavy atom. The number of carboxylic acids is 1. The molecule has 0 aliphatic rings. The third-order valence-electron chi connectivity index (χ3n) is 1.58. The number of aromatic nitrogens is 1. The van der Waals surface area contributed by atoms with E-state index < -0.39 is 12.0 Å². The molecule has 0 spiro atoms. The summed E-state index contributed by atoms with van der Waals surface area (Å²) >= 11 is 0. The summed E-state index contributed by atoms with van der Waals surface area (Å²) in [5.41, 5.74) is 5.67. The number of carbonyl (C=O) groups is 1. The molecule has 1 heterocycles. The van der Waals surface area contributed by atoms with E-state index in [9.17, 15) is 9.59 Å². The fraction of sp³-hybridized carbons (Fsp3) is 0.250. The molecule has 5 nitrogen and oxygen atoms in total. The normalized spacial score (nSPS) is 12.4. The highest BCUT2D eigenvalue weighted by Gasteiger charge is 2.10. The predicted octanol–water partition coefficient (Wildman–Crippen LogP) is -0.151. The molecule has 1 atom stereocenters. The minimum Gasteiger partial charge on any atom is -0.481 e. The number of nitrogens with one attached hydrogen (secondary N) is 1. The summed E-state index contributed by atoms with van der Waals surface area (Å²) in [5, 5.41) is 8.44.